The molecule has 3 aromatic rings. The minimum atomic E-state index is -3.40. The van der Waals surface area contributed by atoms with Crippen molar-refractivity contribution in [2.24, 2.45) is 0 Å². The fraction of sp³-hybridized carbons (Fsp3) is 0.200. The van der Waals surface area contributed by atoms with Crippen molar-refractivity contribution in [1.29, 1.82) is 0 Å². The number of hydrogen-bond acceptors (Lipinski definition) is 5. The molecule has 9 heteroatoms. The van der Waals surface area contributed by atoms with Gasteiger partial charge in [-0.25, -0.2) is 13.4 Å². The van der Waals surface area contributed by atoms with E-state index in [4.69, 9.17) is 23.2 Å². The Morgan fingerprint density at radius 2 is 1.90 bits per heavy atom. The number of amides is 1. The molecule has 0 atom stereocenters. The van der Waals surface area contributed by atoms with Crippen LogP contribution < -0.4 is 5.32 Å². The molecule has 4 rings (SSSR count). The smallest absolute Gasteiger partial charge is 0.257 e. The number of nitrogens with zero attached hydrogens (tertiary/aromatic N) is 1. The molecule has 5 nitrogen and oxygen atoms in total. The van der Waals surface area contributed by atoms with Crippen LogP contribution in [0.2, 0.25) is 10.0 Å². The van der Waals surface area contributed by atoms with Crippen molar-refractivity contribution in [1.82, 2.24) is 4.98 Å². The molecule has 1 fully saturated rings. The Hall–Kier alpha value is -1.93. The van der Waals surface area contributed by atoms with Gasteiger partial charge in [0.1, 0.15) is 0 Å². The van der Waals surface area contributed by atoms with Crippen molar-refractivity contribution < 1.29 is 13.2 Å². The van der Waals surface area contributed by atoms with Crippen molar-refractivity contribution in [3.05, 3.63) is 62.4 Å². The fourth-order valence-corrected chi connectivity index (χ4v) is 5.09. The monoisotopic (exact) mass is 466 g/mol. The second-order valence-electron chi connectivity index (χ2n) is 6.91. The number of carbonyl (C=O) groups is 1. The number of aromatic nitrogens is 1. The van der Waals surface area contributed by atoms with E-state index in [0.29, 0.717) is 16.6 Å². The number of benzene rings is 2. The van der Waals surface area contributed by atoms with Gasteiger partial charge in [-0.05, 0) is 49.2 Å². The van der Waals surface area contributed by atoms with Crippen molar-refractivity contribution in [3.63, 3.8) is 0 Å². The van der Waals surface area contributed by atoms with E-state index in [0.717, 1.165) is 22.5 Å². The Balaban J connectivity index is 1.53. The molecule has 2 aromatic carbocycles. The predicted octanol–water partition coefficient (Wildman–Crippen LogP) is 5.65. The molecule has 1 aliphatic carbocycles. The lowest BCUT2D eigenvalue weighted by atomic mass is 10.1. The van der Waals surface area contributed by atoms with E-state index in [2.05, 4.69) is 10.3 Å². The average molecular weight is 467 g/mol. The Morgan fingerprint density at radius 3 is 2.52 bits per heavy atom. The zero-order valence-corrected chi connectivity index (χ0v) is 18.4. The van der Waals surface area contributed by atoms with Gasteiger partial charge in [-0.15, -0.1) is 11.3 Å². The molecule has 1 aliphatic rings. The van der Waals surface area contributed by atoms with Gasteiger partial charge < -0.3 is 5.32 Å². The molecule has 0 bridgehead atoms. The highest BCUT2D eigenvalue weighted by molar-refractivity contribution is 7.90. The molecule has 0 radical (unpaired) electrons. The highest BCUT2D eigenvalue weighted by Gasteiger charge is 2.27. The van der Waals surface area contributed by atoms with Crippen molar-refractivity contribution in [2.75, 3.05) is 11.6 Å². The summed E-state index contributed by atoms with van der Waals surface area (Å²) in [5.41, 5.74) is 2.32. The van der Waals surface area contributed by atoms with E-state index in [1.54, 1.807) is 23.5 Å². The Kier molecular flexibility index (Phi) is 5.42. The minimum absolute atomic E-state index is 0.0558. The predicted molar refractivity (Wildman–Crippen MR) is 117 cm³/mol. The minimum Gasteiger partial charge on any atom is -0.322 e. The van der Waals surface area contributed by atoms with Gasteiger partial charge in [0.05, 0.1) is 31.2 Å². The standard InChI is InChI=1S/C20H16Cl2N2O3S2/c1-29(26,27)13-5-7-15(17(22)9-13)19(25)23-12-4-6-14(16(21)8-12)18-10-28-20(24-18)11-2-3-11/h4-11H,2-3H2,1H3,(H,23,25). The van der Waals surface area contributed by atoms with Crippen molar-refractivity contribution in [2.45, 2.75) is 23.7 Å². The van der Waals surface area contributed by atoms with E-state index < -0.39 is 15.7 Å². The zero-order chi connectivity index (χ0) is 20.8. The summed E-state index contributed by atoms with van der Waals surface area (Å²) in [6, 6.07) is 9.22. The number of halogens is 2. The van der Waals surface area contributed by atoms with E-state index in [9.17, 15) is 13.2 Å². The number of carbonyl (C=O) groups excluding carboxylic acids is 1. The topological polar surface area (TPSA) is 76.1 Å². The maximum absolute atomic E-state index is 12.5. The number of nitrogens with one attached hydrogen (secondary N) is 1. The third-order valence-corrected chi connectivity index (χ3v) is 7.31. The largest absolute Gasteiger partial charge is 0.322 e. The van der Waals surface area contributed by atoms with Crippen LogP contribution in [0.3, 0.4) is 0 Å². The number of rotatable bonds is 5. The summed E-state index contributed by atoms with van der Waals surface area (Å²) in [7, 11) is -3.40. The van der Waals surface area contributed by atoms with Crippen LogP contribution in [0.4, 0.5) is 5.69 Å². The van der Waals surface area contributed by atoms with Gasteiger partial charge in [-0.2, -0.15) is 0 Å². The number of sulfone groups is 1. The molecule has 0 saturated heterocycles. The van der Waals surface area contributed by atoms with Gasteiger partial charge in [0, 0.05) is 28.8 Å². The van der Waals surface area contributed by atoms with Crippen LogP contribution >= 0.6 is 34.5 Å². The van der Waals surface area contributed by atoms with Crippen LogP contribution in [0.5, 0.6) is 0 Å². The lowest BCUT2D eigenvalue weighted by molar-refractivity contribution is 0.102. The molecular formula is C20H16Cl2N2O3S2. The maximum Gasteiger partial charge on any atom is 0.257 e. The van der Waals surface area contributed by atoms with Crippen LogP contribution in [0.1, 0.15) is 34.1 Å². The first kappa shape index (κ1) is 20.3. The number of anilines is 1. The quantitative estimate of drug-likeness (QED) is 0.526. The summed E-state index contributed by atoms with van der Waals surface area (Å²) in [6.45, 7) is 0. The molecule has 1 heterocycles. The van der Waals surface area contributed by atoms with Gasteiger partial charge in [0.2, 0.25) is 0 Å². The molecule has 0 aliphatic heterocycles. The average Bonchev–Trinajstić information content (AvgIpc) is 3.38. The first-order valence-corrected chi connectivity index (χ1v) is 12.3. The van der Waals surface area contributed by atoms with Crippen molar-refractivity contribution >= 4 is 56.0 Å². The van der Waals surface area contributed by atoms with E-state index >= 15 is 0 Å². The molecule has 150 valence electrons. The third kappa shape index (κ3) is 4.48. The summed E-state index contributed by atoms with van der Waals surface area (Å²) in [5.74, 6) is 0.133. The van der Waals surface area contributed by atoms with E-state index in [1.807, 2.05) is 11.4 Å². The van der Waals surface area contributed by atoms with Crippen LogP contribution in [0, 0.1) is 0 Å². The Labute approximate surface area is 182 Å². The fourth-order valence-electron chi connectivity index (χ4n) is 2.84. The summed E-state index contributed by atoms with van der Waals surface area (Å²) in [5, 5.41) is 6.41. The summed E-state index contributed by atoms with van der Waals surface area (Å²) >= 11 is 14.2. The lowest BCUT2D eigenvalue weighted by Gasteiger charge is -2.10. The molecular weight excluding hydrogens is 451 g/mol. The summed E-state index contributed by atoms with van der Waals surface area (Å²) < 4.78 is 23.2. The van der Waals surface area contributed by atoms with Gasteiger partial charge in [-0.3, -0.25) is 4.79 Å². The Bertz CT molecular complexity index is 1220. The lowest BCUT2D eigenvalue weighted by Crippen LogP contribution is -2.13. The normalized spacial score (nSPS) is 14.0. The van der Waals surface area contributed by atoms with Crippen LogP contribution in [0.25, 0.3) is 11.3 Å². The van der Waals surface area contributed by atoms with Gasteiger partial charge in [-0.1, -0.05) is 23.2 Å². The molecule has 1 N–H and O–H groups in total. The second kappa shape index (κ2) is 7.72. The first-order valence-electron chi connectivity index (χ1n) is 8.78. The molecule has 0 spiro atoms. The second-order valence-corrected chi connectivity index (χ2v) is 10.6. The molecule has 1 aromatic heterocycles. The van der Waals surface area contributed by atoms with Crippen LogP contribution in [0.15, 0.2) is 46.7 Å². The molecule has 1 amide bonds. The first-order chi connectivity index (χ1) is 13.7. The van der Waals surface area contributed by atoms with E-state index in [-0.39, 0.29) is 15.5 Å². The number of hydrogen-bond donors (Lipinski definition) is 1. The number of thiazole rings is 1. The van der Waals surface area contributed by atoms with Crippen molar-refractivity contribution in [3.8, 4) is 11.3 Å². The molecule has 0 unspecified atom stereocenters. The molecule has 1 saturated carbocycles. The van der Waals surface area contributed by atoms with E-state index in [1.165, 1.54) is 31.0 Å². The highest BCUT2D eigenvalue weighted by atomic mass is 35.5. The van der Waals surface area contributed by atoms with Crippen LogP contribution in [-0.2, 0) is 9.84 Å². The van der Waals surface area contributed by atoms with Crippen LogP contribution in [-0.4, -0.2) is 25.6 Å². The van der Waals surface area contributed by atoms with Gasteiger partial charge >= 0.3 is 0 Å². The van der Waals surface area contributed by atoms with Gasteiger partial charge in [0.25, 0.3) is 5.91 Å². The third-order valence-electron chi connectivity index (χ3n) is 4.56. The maximum atomic E-state index is 12.5. The van der Waals surface area contributed by atoms with Gasteiger partial charge in [0.15, 0.2) is 9.84 Å². The SMILES string of the molecule is CS(=O)(=O)c1ccc(C(=O)Nc2ccc(-c3csc(C4CC4)n3)c(Cl)c2)c(Cl)c1. The zero-order valence-electron chi connectivity index (χ0n) is 15.3. The molecule has 29 heavy (non-hydrogen) atoms. The summed E-state index contributed by atoms with van der Waals surface area (Å²) in [4.78, 5) is 17.3. The summed E-state index contributed by atoms with van der Waals surface area (Å²) in [6.07, 6.45) is 3.47. The highest BCUT2D eigenvalue weighted by Crippen LogP contribution is 2.43. The Morgan fingerprint density at radius 1 is 1.14 bits per heavy atom.